The van der Waals surface area contributed by atoms with Crippen molar-refractivity contribution in [2.24, 2.45) is 5.41 Å². The van der Waals surface area contributed by atoms with Crippen molar-refractivity contribution in [1.29, 1.82) is 0 Å². The Balaban J connectivity index is 0.000000429. The molecule has 1 amide bonds. The van der Waals surface area contributed by atoms with Crippen molar-refractivity contribution in [1.82, 2.24) is 9.80 Å². The lowest BCUT2D eigenvalue weighted by atomic mass is 9.86. The van der Waals surface area contributed by atoms with Gasteiger partial charge in [-0.1, -0.05) is 60.7 Å². The number of benzene rings is 2. The molecule has 1 spiro atoms. The molecule has 190 valence electrons. The van der Waals surface area contributed by atoms with Crippen LogP contribution < -0.4 is 0 Å². The van der Waals surface area contributed by atoms with E-state index in [1.165, 1.54) is 11.1 Å². The Hall–Kier alpha value is -2.91. The summed E-state index contributed by atoms with van der Waals surface area (Å²) in [5.41, 5.74) is 2.38. The van der Waals surface area contributed by atoms with Gasteiger partial charge in [0.1, 0.15) is 0 Å². The molecule has 2 aliphatic rings. The Morgan fingerprint density at radius 3 is 2.00 bits per heavy atom. The normalized spacial score (nSPS) is 22.8. The molecule has 3 unspecified atom stereocenters. The minimum atomic E-state index is -5.08. The van der Waals surface area contributed by atoms with Crippen LogP contribution in [-0.4, -0.2) is 65.8 Å². The van der Waals surface area contributed by atoms with E-state index in [0.717, 1.165) is 26.2 Å². The minimum absolute atomic E-state index is 0.0938. The van der Waals surface area contributed by atoms with Gasteiger partial charge >= 0.3 is 12.1 Å². The highest BCUT2D eigenvalue weighted by Gasteiger charge is 2.47. The van der Waals surface area contributed by atoms with Crippen LogP contribution in [0.2, 0.25) is 0 Å². The fourth-order valence-corrected chi connectivity index (χ4v) is 4.69. The van der Waals surface area contributed by atoms with Gasteiger partial charge in [-0.3, -0.25) is 9.69 Å². The van der Waals surface area contributed by atoms with Crippen LogP contribution in [0.1, 0.15) is 43.5 Å². The van der Waals surface area contributed by atoms with Crippen molar-refractivity contribution in [3.05, 3.63) is 71.8 Å². The van der Waals surface area contributed by atoms with Gasteiger partial charge in [0.25, 0.3) is 0 Å². The molecule has 9 heteroatoms. The van der Waals surface area contributed by atoms with Crippen LogP contribution in [0.5, 0.6) is 0 Å². The molecule has 2 heterocycles. The van der Waals surface area contributed by atoms with Gasteiger partial charge in [-0.25, -0.2) is 4.79 Å². The molecule has 1 N–H and O–H groups in total. The number of carbonyl (C=O) groups is 2. The van der Waals surface area contributed by atoms with Crippen molar-refractivity contribution in [2.45, 2.75) is 38.5 Å². The first-order valence-electron chi connectivity index (χ1n) is 11.5. The van der Waals surface area contributed by atoms with Crippen LogP contribution in [-0.2, 0) is 14.3 Å². The Labute approximate surface area is 203 Å². The molecule has 2 fully saturated rings. The van der Waals surface area contributed by atoms with Crippen molar-refractivity contribution >= 4 is 11.9 Å². The van der Waals surface area contributed by atoms with Crippen LogP contribution in [0, 0.1) is 5.41 Å². The molecule has 2 aromatic carbocycles. The zero-order valence-corrected chi connectivity index (χ0v) is 19.9. The molecule has 0 bridgehead atoms. The molecule has 3 atom stereocenters. The van der Waals surface area contributed by atoms with Gasteiger partial charge in [-0.05, 0) is 25.0 Å². The molecular weight excluding hydrogens is 461 g/mol. The predicted octanol–water partition coefficient (Wildman–Crippen LogP) is 4.69. The lowest BCUT2D eigenvalue weighted by Gasteiger charge is -2.35. The Morgan fingerprint density at radius 2 is 1.49 bits per heavy atom. The average Bonchev–Trinajstić information content (AvgIpc) is 3.02. The van der Waals surface area contributed by atoms with Crippen molar-refractivity contribution < 1.29 is 32.6 Å². The van der Waals surface area contributed by atoms with Crippen LogP contribution in [0.4, 0.5) is 13.2 Å². The molecule has 4 rings (SSSR count). The maximum absolute atomic E-state index is 13.0. The van der Waals surface area contributed by atoms with Gasteiger partial charge in [-0.15, -0.1) is 0 Å². The number of halogens is 3. The number of hydrogen-bond acceptors (Lipinski definition) is 4. The molecule has 2 saturated heterocycles. The number of ether oxygens (including phenoxy) is 1. The number of carbonyl (C=O) groups excluding carboxylic acids is 1. The fraction of sp³-hybridized carbons (Fsp3) is 0.462. The monoisotopic (exact) mass is 492 g/mol. The summed E-state index contributed by atoms with van der Waals surface area (Å²) in [5.74, 6) is -2.51. The maximum Gasteiger partial charge on any atom is 0.490 e. The molecule has 0 radical (unpaired) electrons. The van der Waals surface area contributed by atoms with Gasteiger partial charge < -0.3 is 14.7 Å². The minimum Gasteiger partial charge on any atom is -0.475 e. The van der Waals surface area contributed by atoms with E-state index in [1.54, 1.807) is 0 Å². The topological polar surface area (TPSA) is 70.1 Å². The molecule has 0 aliphatic carbocycles. The standard InChI is InChI=1S/C24H30N2O2.C2HF3O2/c1-19(21-9-5-3-6-10-21)25-13-14-28-18-24(16-25)15-23(27)26(17-24)20(2)22-11-7-4-8-12-22;3-2(4,5)1(6)7/h3-12,19-20H,13-18H2,1-2H3;(H,6,7). The molecule has 0 saturated carbocycles. The van der Waals surface area contributed by atoms with Gasteiger partial charge in [-0.2, -0.15) is 13.2 Å². The third kappa shape index (κ3) is 6.82. The fourth-order valence-electron chi connectivity index (χ4n) is 4.69. The highest BCUT2D eigenvalue weighted by Crippen LogP contribution is 2.40. The Kier molecular flexibility index (Phi) is 8.56. The third-order valence-corrected chi connectivity index (χ3v) is 6.64. The molecule has 6 nitrogen and oxygen atoms in total. The summed E-state index contributed by atoms with van der Waals surface area (Å²) in [7, 11) is 0. The van der Waals surface area contributed by atoms with E-state index >= 15 is 0 Å². The number of carboxylic acid groups (broad SMARTS) is 1. The van der Waals surface area contributed by atoms with E-state index in [4.69, 9.17) is 14.6 Å². The van der Waals surface area contributed by atoms with E-state index in [0.29, 0.717) is 19.1 Å². The van der Waals surface area contributed by atoms with Crippen LogP contribution in [0.15, 0.2) is 60.7 Å². The summed E-state index contributed by atoms with van der Waals surface area (Å²) in [6.07, 6.45) is -4.51. The molecular formula is C26H31F3N2O4. The summed E-state index contributed by atoms with van der Waals surface area (Å²) in [5, 5.41) is 7.12. The van der Waals surface area contributed by atoms with E-state index in [9.17, 15) is 18.0 Å². The number of alkyl halides is 3. The summed E-state index contributed by atoms with van der Waals surface area (Å²) in [6, 6.07) is 21.3. The summed E-state index contributed by atoms with van der Waals surface area (Å²) < 4.78 is 37.7. The zero-order valence-electron chi connectivity index (χ0n) is 19.9. The smallest absolute Gasteiger partial charge is 0.475 e. The third-order valence-electron chi connectivity index (χ3n) is 6.64. The average molecular weight is 493 g/mol. The number of hydrogen-bond donors (Lipinski definition) is 1. The largest absolute Gasteiger partial charge is 0.490 e. The van der Waals surface area contributed by atoms with Gasteiger partial charge in [0, 0.05) is 37.5 Å². The molecule has 2 aliphatic heterocycles. The predicted molar refractivity (Wildman–Crippen MR) is 125 cm³/mol. The highest BCUT2D eigenvalue weighted by molar-refractivity contribution is 5.80. The van der Waals surface area contributed by atoms with E-state index in [-0.39, 0.29) is 17.4 Å². The first-order chi connectivity index (χ1) is 16.5. The molecule has 0 aromatic heterocycles. The lowest BCUT2D eigenvalue weighted by Crippen LogP contribution is -2.42. The zero-order chi connectivity index (χ0) is 25.6. The number of carboxylic acids is 1. The number of rotatable bonds is 4. The number of likely N-dealkylation sites (tertiary alicyclic amines) is 1. The number of nitrogens with zero attached hydrogens (tertiary/aromatic N) is 2. The SMILES string of the molecule is CC(c1ccccc1)N1CCOCC2(CC(=O)N(C(C)c3ccccc3)C2)C1.O=C(O)C(F)(F)F. The lowest BCUT2D eigenvalue weighted by molar-refractivity contribution is -0.192. The highest BCUT2D eigenvalue weighted by atomic mass is 19.4. The quantitative estimate of drug-likeness (QED) is 0.671. The second kappa shape index (κ2) is 11.2. The Bertz CT molecular complexity index is 987. The van der Waals surface area contributed by atoms with Gasteiger partial charge in [0.05, 0.1) is 19.3 Å². The first kappa shape index (κ1) is 26.7. The van der Waals surface area contributed by atoms with Crippen LogP contribution >= 0.6 is 0 Å². The van der Waals surface area contributed by atoms with Crippen molar-refractivity contribution in [2.75, 3.05) is 32.8 Å². The number of amides is 1. The molecule has 2 aromatic rings. The van der Waals surface area contributed by atoms with Crippen LogP contribution in [0.25, 0.3) is 0 Å². The van der Waals surface area contributed by atoms with Gasteiger partial charge in [0.15, 0.2) is 0 Å². The molecule has 35 heavy (non-hydrogen) atoms. The van der Waals surface area contributed by atoms with E-state index in [1.807, 2.05) is 18.2 Å². The summed E-state index contributed by atoms with van der Waals surface area (Å²) >= 11 is 0. The number of aliphatic carboxylic acids is 1. The first-order valence-corrected chi connectivity index (χ1v) is 11.5. The second-order valence-electron chi connectivity index (χ2n) is 9.20. The maximum atomic E-state index is 13.0. The summed E-state index contributed by atoms with van der Waals surface area (Å²) in [4.78, 5) is 26.4. The second-order valence-corrected chi connectivity index (χ2v) is 9.20. The Morgan fingerprint density at radius 1 is 0.971 bits per heavy atom. The van der Waals surface area contributed by atoms with E-state index < -0.39 is 12.1 Å². The summed E-state index contributed by atoms with van der Waals surface area (Å²) in [6.45, 7) is 8.34. The van der Waals surface area contributed by atoms with Crippen molar-refractivity contribution in [3.8, 4) is 0 Å². The van der Waals surface area contributed by atoms with Crippen molar-refractivity contribution in [3.63, 3.8) is 0 Å². The van der Waals surface area contributed by atoms with E-state index in [2.05, 4.69) is 66.1 Å². The van der Waals surface area contributed by atoms with Gasteiger partial charge in [0.2, 0.25) is 5.91 Å². The van der Waals surface area contributed by atoms with Crippen LogP contribution in [0.3, 0.4) is 0 Å².